The number of nitrogen functional groups attached to an aromatic ring is 1. The number of amides is 1. The second-order valence-corrected chi connectivity index (χ2v) is 4.08. The number of benzene rings is 2. The number of hydrogen-bond acceptors (Lipinski definition) is 3. The van der Waals surface area contributed by atoms with E-state index in [1.807, 2.05) is 0 Å². The van der Waals surface area contributed by atoms with Crippen molar-refractivity contribution in [2.75, 3.05) is 17.7 Å². The highest BCUT2D eigenvalue weighted by Crippen LogP contribution is 2.26. The van der Waals surface area contributed by atoms with E-state index in [0.29, 0.717) is 11.4 Å². The number of rotatable bonds is 2. The summed E-state index contributed by atoms with van der Waals surface area (Å²) in [5, 5.41) is 9.63. The number of aromatic hydroxyl groups is 1. The van der Waals surface area contributed by atoms with Crippen molar-refractivity contribution in [1.29, 1.82) is 0 Å². The molecule has 1 amide bonds. The van der Waals surface area contributed by atoms with Gasteiger partial charge in [0.05, 0.1) is 16.9 Å². The highest BCUT2D eigenvalue weighted by Gasteiger charge is 2.19. The lowest BCUT2D eigenvalue weighted by molar-refractivity contribution is 0.0990. The molecule has 0 spiro atoms. The number of carbonyl (C=O) groups is 1. The predicted octanol–water partition coefficient (Wildman–Crippen LogP) is 2.39. The molecule has 2 aromatic carbocycles. The Morgan fingerprint density at radius 1 is 1.26 bits per heavy atom. The summed E-state index contributed by atoms with van der Waals surface area (Å²) in [7, 11) is 1.51. The average molecular weight is 260 g/mol. The quantitative estimate of drug-likeness (QED) is 0.815. The summed E-state index contributed by atoms with van der Waals surface area (Å²) >= 11 is 0. The molecule has 98 valence electrons. The Balaban J connectivity index is 2.39. The van der Waals surface area contributed by atoms with Crippen LogP contribution >= 0.6 is 0 Å². The minimum atomic E-state index is -0.587. The van der Waals surface area contributed by atoms with Crippen molar-refractivity contribution in [3.8, 4) is 5.75 Å². The first-order valence-electron chi connectivity index (χ1n) is 5.62. The first-order valence-corrected chi connectivity index (χ1v) is 5.62. The molecule has 0 saturated carbocycles. The molecular formula is C14H13FN2O2. The van der Waals surface area contributed by atoms with Gasteiger partial charge in [-0.3, -0.25) is 4.79 Å². The number of phenolic OH excluding ortho intramolecular Hbond substituents is 1. The van der Waals surface area contributed by atoms with E-state index < -0.39 is 11.7 Å². The summed E-state index contributed by atoms with van der Waals surface area (Å²) in [6.45, 7) is 0. The molecule has 0 aliphatic rings. The van der Waals surface area contributed by atoms with E-state index in [2.05, 4.69) is 0 Å². The minimum absolute atomic E-state index is 0.106. The van der Waals surface area contributed by atoms with Crippen molar-refractivity contribution in [3.63, 3.8) is 0 Å². The highest BCUT2D eigenvalue weighted by molar-refractivity contribution is 6.08. The number of halogens is 1. The van der Waals surface area contributed by atoms with Crippen LogP contribution < -0.4 is 10.6 Å². The number of nitrogens with two attached hydrogens (primary N) is 1. The summed E-state index contributed by atoms with van der Waals surface area (Å²) in [5.74, 6) is -1.39. The normalized spacial score (nSPS) is 10.2. The van der Waals surface area contributed by atoms with Crippen LogP contribution in [0.2, 0.25) is 0 Å². The zero-order chi connectivity index (χ0) is 14.0. The van der Waals surface area contributed by atoms with Crippen LogP contribution in [0.5, 0.6) is 5.75 Å². The summed E-state index contributed by atoms with van der Waals surface area (Å²) < 4.78 is 13.1. The molecule has 0 fully saturated rings. The molecule has 0 saturated heterocycles. The van der Waals surface area contributed by atoms with Crippen molar-refractivity contribution in [2.45, 2.75) is 0 Å². The van der Waals surface area contributed by atoms with Crippen LogP contribution in [0.15, 0.2) is 42.5 Å². The largest absolute Gasteiger partial charge is 0.507 e. The van der Waals surface area contributed by atoms with E-state index in [0.717, 1.165) is 18.2 Å². The number of hydrogen-bond donors (Lipinski definition) is 2. The van der Waals surface area contributed by atoms with Crippen LogP contribution in [0.25, 0.3) is 0 Å². The molecule has 0 bridgehead atoms. The third kappa shape index (κ3) is 2.49. The Morgan fingerprint density at radius 2 is 1.95 bits per heavy atom. The Bertz CT molecular complexity index is 629. The van der Waals surface area contributed by atoms with Gasteiger partial charge in [-0.15, -0.1) is 0 Å². The van der Waals surface area contributed by atoms with Gasteiger partial charge in [0.15, 0.2) is 0 Å². The molecule has 5 heteroatoms. The molecule has 19 heavy (non-hydrogen) atoms. The van der Waals surface area contributed by atoms with Crippen LogP contribution in [0.3, 0.4) is 0 Å². The van der Waals surface area contributed by atoms with E-state index in [4.69, 9.17) is 5.73 Å². The second kappa shape index (κ2) is 4.97. The van der Waals surface area contributed by atoms with Gasteiger partial charge in [-0.25, -0.2) is 4.39 Å². The lowest BCUT2D eigenvalue weighted by Crippen LogP contribution is -2.27. The SMILES string of the molecule is CN(C(=O)c1cc(F)ccc1O)c1ccccc1N. The Hall–Kier alpha value is -2.56. The van der Waals surface area contributed by atoms with Crippen LogP contribution in [-0.4, -0.2) is 18.1 Å². The summed E-state index contributed by atoms with van der Waals surface area (Å²) in [6, 6.07) is 10.0. The fourth-order valence-electron chi connectivity index (χ4n) is 1.76. The van der Waals surface area contributed by atoms with Crippen molar-refractivity contribution >= 4 is 17.3 Å². The summed E-state index contributed by atoms with van der Waals surface area (Å²) in [5.41, 5.74) is 6.59. The van der Waals surface area contributed by atoms with E-state index in [-0.39, 0.29) is 11.3 Å². The van der Waals surface area contributed by atoms with Gasteiger partial charge in [0.1, 0.15) is 11.6 Å². The minimum Gasteiger partial charge on any atom is -0.507 e. The molecule has 2 aromatic rings. The van der Waals surface area contributed by atoms with Crippen LogP contribution in [0.4, 0.5) is 15.8 Å². The first kappa shape index (κ1) is 12.9. The molecule has 0 atom stereocenters. The van der Waals surface area contributed by atoms with Gasteiger partial charge in [0, 0.05) is 7.05 Å². The van der Waals surface area contributed by atoms with Gasteiger partial charge in [-0.1, -0.05) is 12.1 Å². The first-order chi connectivity index (χ1) is 9.00. The van der Waals surface area contributed by atoms with Gasteiger partial charge in [-0.05, 0) is 30.3 Å². The molecule has 0 aliphatic heterocycles. The maximum Gasteiger partial charge on any atom is 0.261 e. The topological polar surface area (TPSA) is 66.6 Å². The summed E-state index contributed by atoms with van der Waals surface area (Å²) in [4.78, 5) is 13.5. The van der Waals surface area contributed by atoms with E-state index >= 15 is 0 Å². The lowest BCUT2D eigenvalue weighted by Gasteiger charge is -2.19. The highest BCUT2D eigenvalue weighted by atomic mass is 19.1. The molecule has 0 aliphatic carbocycles. The maximum absolute atomic E-state index is 13.1. The van der Waals surface area contributed by atoms with Crippen LogP contribution in [0.1, 0.15) is 10.4 Å². The van der Waals surface area contributed by atoms with Crippen molar-refractivity contribution < 1.29 is 14.3 Å². The number of carbonyl (C=O) groups excluding carboxylic acids is 1. The molecule has 0 unspecified atom stereocenters. The van der Waals surface area contributed by atoms with Gasteiger partial charge >= 0.3 is 0 Å². The predicted molar refractivity (Wildman–Crippen MR) is 71.7 cm³/mol. The monoisotopic (exact) mass is 260 g/mol. The zero-order valence-electron chi connectivity index (χ0n) is 10.3. The van der Waals surface area contributed by atoms with E-state index in [1.165, 1.54) is 11.9 Å². The third-order valence-corrected chi connectivity index (χ3v) is 2.79. The van der Waals surface area contributed by atoms with Gasteiger partial charge < -0.3 is 15.7 Å². The smallest absolute Gasteiger partial charge is 0.261 e. The van der Waals surface area contributed by atoms with Gasteiger partial charge in [0.2, 0.25) is 0 Å². The Labute approximate surface area is 109 Å². The van der Waals surface area contributed by atoms with Gasteiger partial charge in [-0.2, -0.15) is 0 Å². The van der Waals surface area contributed by atoms with E-state index in [9.17, 15) is 14.3 Å². The zero-order valence-corrected chi connectivity index (χ0v) is 10.3. The van der Waals surface area contributed by atoms with Crippen molar-refractivity contribution in [3.05, 3.63) is 53.8 Å². The molecule has 2 rings (SSSR count). The molecule has 0 heterocycles. The number of phenols is 1. The number of anilines is 2. The molecular weight excluding hydrogens is 247 g/mol. The standard InChI is InChI=1S/C14H13FN2O2/c1-17(12-5-3-2-4-11(12)16)14(19)10-8-9(15)6-7-13(10)18/h2-8,18H,16H2,1H3. The third-order valence-electron chi connectivity index (χ3n) is 2.79. The Kier molecular flexibility index (Phi) is 3.37. The fraction of sp³-hybridized carbons (Fsp3) is 0.0714. The van der Waals surface area contributed by atoms with Crippen molar-refractivity contribution in [1.82, 2.24) is 0 Å². The van der Waals surface area contributed by atoms with Crippen molar-refractivity contribution in [2.24, 2.45) is 0 Å². The molecule has 0 radical (unpaired) electrons. The average Bonchev–Trinajstić information content (AvgIpc) is 2.40. The lowest BCUT2D eigenvalue weighted by atomic mass is 10.1. The second-order valence-electron chi connectivity index (χ2n) is 4.08. The molecule has 3 N–H and O–H groups in total. The van der Waals surface area contributed by atoms with Gasteiger partial charge in [0.25, 0.3) is 5.91 Å². The molecule has 4 nitrogen and oxygen atoms in total. The van der Waals surface area contributed by atoms with Crippen LogP contribution in [-0.2, 0) is 0 Å². The fourth-order valence-corrected chi connectivity index (χ4v) is 1.76. The van der Waals surface area contributed by atoms with Crippen LogP contribution in [0, 0.1) is 5.82 Å². The maximum atomic E-state index is 13.1. The Morgan fingerprint density at radius 3 is 2.63 bits per heavy atom. The van der Waals surface area contributed by atoms with E-state index in [1.54, 1.807) is 24.3 Å². The number of nitrogens with zero attached hydrogens (tertiary/aromatic N) is 1. The number of para-hydroxylation sites is 2. The molecule has 0 aromatic heterocycles. The summed E-state index contributed by atoms with van der Waals surface area (Å²) in [6.07, 6.45) is 0.